The average molecular weight is 345 g/mol. The van der Waals surface area contributed by atoms with Gasteiger partial charge in [-0.1, -0.05) is 49.8 Å². The third kappa shape index (κ3) is 6.40. The van der Waals surface area contributed by atoms with Crippen molar-refractivity contribution in [3.8, 4) is 0 Å². The molecule has 1 aromatic rings. The molecular weight excluding hydrogens is 314 g/mol. The molecule has 3 amide bonds. The number of nitrogens with one attached hydrogen (secondary N) is 3. The van der Waals surface area contributed by atoms with Crippen molar-refractivity contribution in [3.05, 3.63) is 28.8 Å². The van der Waals surface area contributed by atoms with Gasteiger partial charge in [-0.05, 0) is 44.7 Å². The maximum Gasteiger partial charge on any atom is 0.315 e. The van der Waals surface area contributed by atoms with Crippen molar-refractivity contribution in [2.24, 2.45) is 0 Å². The number of carbonyl (C=O) groups excluding carboxylic acids is 2. The van der Waals surface area contributed by atoms with Gasteiger partial charge in [0.2, 0.25) is 5.91 Å². The number of carbonyl (C=O) groups is 2. The van der Waals surface area contributed by atoms with Crippen LogP contribution in [0.4, 0.5) is 10.5 Å². The zero-order valence-corrected chi connectivity index (χ0v) is 15.7. The van der Waals surface area contributed by atoms with Crippen molar-refractivity contribution in [2.75, 3.05) is 11.9 Å². The van der Waals surface area contributed by atoms with Gasteiger partial charge in [-0.15, -0.1) is 0 Å². The van der Waals surface area contributed by atoms with E-state index in [0.29, 0.717) is 0 Å². The fraction of sp³-hybridized carbons (Fsp3) is 0.600. The Kier molecular flexibility index (Phi) is 7.29. The molecule has 1 fully saturated rings. The fourth-order valence-corrected chi connectivity index (χ4v) is 3.56. The smallest absolute Gasteiger partial charge is 0.315 e. The lowest BCUT2D eigenvalue weighted by molar-refractivity contribution is -0.115. The molecule has 0 radical (unpaired) electrons. The zero-order valence-electron chi connectivity index (χ0n) is 15.7. The maximum atomic E-state index is 12.1. The molecule has 0 aliphatic heterocycles. The van der Waals surface area contributed by atoms with Gasteiger partial charge in [0.25, 0.3) is 0 Å². The minimum absolute atomic E-state index is 0.0225. The molecule has 5 heteroatoms. The molecule has 1 aliphatic carbocycles. The van der Waals surface area contributed by atoms with Crippen molar-refractivity contribution in [3.63, 3.8) is 0 Å². The monoisotopic (exact) mass is 345 g/mol. The van der Waals surface area contributed by atoms with E-state index in [9.17, 15) is 9.59 Å². The van der Waals surface area contributed by atoms with Gasteiger partial charge < -0.3 is 16.0 Å². The highest BCUT2D eigenvalue weighted by molar-refractivity contribution is 5.95. The first-order valence-corrected chi connectivity index (χ1v) is 9.38. The number of benzene rings is 1. The molecule has 138 valence electrons. The summed E-state index contributed by atoms with van der Waals surface area (Å²) < 4.78 is 0. The van der Waals surface area contributed by atoms with Crippen molar-refractivity contribution in [1.82, 2.24) is 10.6 Å². The van der Waals surface area contributed by atoms with E-state index in [0.717, 1.165) is 42.5 Å². The Bertz CT molecular complexity index is 582. The van der Waals surface area contributed by atoms with Crippen LogP contribution in [-0.4, -0.2) is 24.5 Å². The molecule has 0 heterocycles. The Morgan fingerprint density at radius 2 is 1.52 bits per heavy atom. The van der Waals surface area contributed by atoms with Crippen LogP contribution < -0.4 is 16.0 Å². The molecule has 0 unspecified atom stereocenters. The van der Waals surface area contributed by atoms with E-state index in [1.165, 1.54) is 24.8 Å². The van der Waals surface area contributed by atoms with E-state index in [1.807, 2.05) is 32.9 Å². The highest BCUT2D eigenvalue weighted by Gasteiger charge is 2.15. The minimum Gasteiger partial charge on any atom is -0.335 e. The molecule has 0 saturated heterocycles. The highest BCUT2D eigenvalue weighted by Crippen LogP contribution is 2.21. The van der Waals surface area contributed by atoms with Crippen molar-refractivity contribution in [2.45, 2.75) is 71.8 Å². The van der Waals surface area contributed by atoms with E-state index in [1.54, 1.807) is 0 Å². The van der Waals surface area contributed by atoms with Crippen LogP contribution >= 0.6 is 0 Å². The van der Waals surface area contributed by atoms with Crippen LogP contribution in [-0.2, 0) is 4.79 Å². The number of anilines is 1. The van der Waals surface area contributed by atoms with Crippen LogP contribution in [0.3, 0.4) is 0 Å². The first-order chi connectivity index (χ1) is 12.0. The lowest BCUT2D eigenvalue weighted by Gasteiger charge is -2.21. The van der Waals surface area contributed by atoms with E-state index in [4.69, 9.17) is 0 Å². The summed E-state index contributed by atoms with van der Waals surface area (Å²) in [5.41, 5.74) is 4.07. The molecule has 3 N–H and O–H groups in total. The fourth-order valence-electron chi connectivity index (χ4n) is 3.56. The van der Waals surface area contributed by atoms with Gasteiger partial charge >= 0.3 is 6.03 Å². The SMILES string of the molecule is Cc1cc(C)c(NC(=O)CNC(=O)NC2CCCCCCC2)c(C)c1. The molecule has 0 spiro atoms. The second kappa shape index (κ2) is 9.44. The molecule has 1 saturated carbocycles. The quantitative estimate of drug-likeness (QED) is 0.773. The van der Waals surface area contributed by atoms with E-state index < -0.39 is 0 Å². The summed E-state index contributed by atoms with van der Waals surface area (Å²) in [6.45, 7) is 5.97. The second-order valence-electron chi connectivity index (χ2n) is 7.19. The van der Waals surface area contributed by atoms with Crippen LogP contribution in [0.15, 0.2) is 12.1 Å². The molecule has 5 nitrogen and oxygen atoms in total. The maximum absolute atomic E-state index is 12.1. The molecule has 0 bridgehead atoms. The Balaban J connectivity index is 1.78. The van der Waals surface area contributed by atoms with Gasteiger partial charge in [0.05, 0.1) is 6.54 Å². The van der Waals surface area contributed by atoms with E-state index >= 15 is 0 Å². The third-order valence-electron chi connectivity index (χ3n) is 4.79. The van der Waals surface area contributed by atoms with Crippen LogP contribution in [0.2, 0.25) is 0 Å². The zero-order chi connectivity index (χ0) is 18.2. The summed E-state index contributed by atoms with van der Waals surface area (Å²) in [6, 6.07) is 4.05. The third-order valence-corrected chi connectivity index (χ3v) is 4.79. The van der Waals surface area contributed by atoms with Crippen LogP contribution in [0.5, 0.6) is 0 Å². The van der Waals surface area contributed by atoms with Crippen molar-refractivity contribution < 1.29 is 9.59 Å². The Labute approximate surface area is 151 Å². The Morgan fingerprint density at radius 1 is 0.960 bits per heavy atom. The number of aryl methyl sites for hydroxylation is 3. The van der Waals surface area contributed by atoms with Crippen LogP contribution in [0.1, 0.15) is 61.6 Å². The molecular formula is C20H31N3O2. The molecule has 0 atom stereocenters. The van der Waals surface area contributed by atoms with Gasteiger partial charge in [-0.3, -0.25) is 4.79 Å². The summed E-state index contributed by atoms with van der Waals surface area (Å²) >= 11 is 0. The van der Waals surface area contributed by atoms with Crippen molar-refractivity contribution in [1.29, 1.82) is 0 Å². The lowest BCUT2D eigenvalue weighted by atomic mass is 9.97. The average Bonchev–Trinajstić information content (AvgIpc) is 2.51. The predicted molar refractivity (Wildman–Crippen MR) is 102 cm³/mol. The van der Waals surface area contributed by atoms with E-state index in [2.05, 4.69) is 16.0 Å². The second-order valence-corrected chi connectivity index (χ2v) is 7.19. The number of amides is 3. The Morgan fingerprint density at radius 3 is 2.12 bits per heavy atom. The number of hydrogen-bond donors (Lipinski definition) is 3. The number of hydrogen-bond acceptors (Lipinski definition) is 2. The molecule has 25 heavy (non-hydrogen) atoms. The first kappa shape index (κ1) is 19.3. The molecule has 1 aliphatic rings. The standard InChI is InChI=1S/C20H31N3O2/c1-14-11-15(2)19(16(3)12-14)23-18(24)13-21-20(25)22-17-9-7-5-4-6-8-10-17/h11-12,17H,4-10,13H2,1-3H3,(H,23,24)(H2,21,22,25). The van der Waals surface area contributed by atoms with Gasteiger partial charge in [-0.2, -0.15) is 0 Å². The lowest BCUT2D eigenvalue weighted by Crippen LogP contribution is -2.44. The van der Waals surface area contributed by atoms with Gasteiger partial charge in [0.1, 0.15) is 0 Å². The molecule has 1 aromatic carbocycles. The van der Waals surface area contributed by atoms with Gasteiger partial charge in [-0.25, -0.2) is 4.79 Å². The number of urea groups is 1. The van der Waals surface area contributed by atoms with Crippen molar-refractivity contribution >= 4 is 17.6 Å². The first-order valence-electron chi connectivity index (χ1n) is 9.38. The summed E-state index contributed by atoms with van der Waals surface area (Å²) in [6.07, 6.45) is 8.18. The topological polar surface area (TPSA) is 70.2 Å². The van der Waals surface area contributed by atoms with Crippen LogP contribution in [0, 0.1) is 20.8 Å². The summed E-state index contributed by atoms with van der Waals surface area (Å²) in [7, 11) is 0. The van der Waals surface area contributed by atoms with E-state index in [-0.39, 0.29) is 24.5 Å². The summed E-state index contributed by atoms with van der Waals surface area (Å²) in [5.74, 6) is -0.206. The summed E-state index contributed by atoms with van der Waals surface area (Å²) in [5, 5.41) is 8.58. The number of rotatable bonds is 4. The van der Waals surface area contributed by atoms with Gasteiger partial charge in [0.15, 0.2) is 0 Å². The molecule has 0 aromatic heterocycles. The normalized spacial score (nSPS) is 15.8. The highest BCUT2D eigenvalue weighted by atomic mass is 16.2. The molecule has 2 rings (SSSR count). The largest absolute Gasteiger partial charge is 0.335 e. The minimum atomic E-state index is -0.252. The summed E-state index contributed by atoms with van der Waals surface area (Å²) in [4.78, 5) is 24.2. The Hall–Kier alpha value is -2.04. The van der Waals surface area contributed by atoms with Crippen LogP contribution in [0.25, 0.3) is 0 Å². The van der Waals surface area contributed by atoms with Gasteiger partial charge in [0, 0.05) is 11.7 Å². The predicted octanol–water partition coefficient (Wildman–Crippen LogP) is 3.96.